The van der Waals surface area contributed by atoms with Crippen LogP contribution in [-0.4, -0.2) is 24.2 Å². The standard InChI is InChI=1S/C13H17ClN2O2/c14-9-4-5-11(16-6-2-1-3-7-16)10(8-9)12(15)13(17)18/h4-5,8,12H,1-3,6-7,15H2,(H,17,18). The molecule has 0 radical (unpaired) electrons. The molecule has 0 amide bonds. The van der Waals surface area contributed by atoms with Crippen LogP contribution in [-0.2, 0) is 4.79 Å². The zero-order valence-corrected chi connectivity index (χ0v) is 10.9. The second kappa shape index (κ2) is 5.59. The van der Waals surface area contributed by atoms with Gasteiger partial charge in [-0.25, -0.2) is 0 Å². The van der Waals surface area contributed by atoms with Crippen LogP contribution >= 0.6 is 11.6 Å². The molecule has 1 atom stereocenters. The largest absolute Gasteiger partial charge is 0.480 e. The molecule has 18 heavy (non-hydrogen) atoms. The molecule has 1 aromatic rings. The number of carboxylic acid groups (broad SMARTS) is 1. The lowest BCUT2D eigenvalue weighted by atomic mass is 10.0. The third-order valence-electron chi connectivity index (χ3n) is 3.29. The third-order valence-corrected chi connectivity index (χ3v) is 3.52. The highest BCUT2D eigenvalue weighted by atomic mass is 35.5. The molecular weight excluding hydrogens is 252 g/mol. The van der Waals surface area contributed by atoms with Gasteiger partial charge >= 0.3 is 5.97 Å². The maximum atomic E-state index is 11.1. The van der Waals surface area contributed by atoms with Gasteiger partial charge in [-0.2, -0.15) is 0 Å². The zero-order chi connectivity index (χ0) is 13.1. The van der Waals surface area contributed by atoms with Gasteiger partial charge in [-0.3, -0.25) is 4.79 Å². The summed E-state index contributed by atoms with van der Waals surface area (Å²) in [7, 11) is 0. The first-order chi connectivity index (χ1) is 8.59. The highest BCUT2D eigenvalue weighted by Crippen LogP contribution is 2.30. The molecule has 0 spiro atoms. The smallest absolute Gasteiger partial charge is 0.325 e. The highest BCUT2D eigenvalue weighted by molar-refractivity contribution is 6.30. The zero-order valence-electron chi connectivity index (χ0n) is 10.1. The summed E-state index contributed by atoms with van der Waals surface area (Å²) < 4.78 is 0. The Balaban J connectivity index is 2.36. The van der Waals surface area contributed by atoms with Crippen LogP contribution in [0.15, 0.2) is 18.2 Å². The molecule has 0 saturated carbocycles. The van der Waals surface area contributed by atoms with Crippen molar-refractivity contribution in [2.24, 2.45) is 5.73 Å². The summed E-state index contributed by atoms with van der Waals surface area (Å²) in [5, 5.41) is 9.58. The molecule has 1 saturated heterocycles. The molecule has 0 aliphatic carbocycles. The van der Waals surface area contributed by atoms with Crippen molar-refractivity contribution in [1.82, 2.24) is 0 Å². The Bertz CT molecular complexity index is 445. The van der Waals surface area contributed by atoms with Crippen molar-refractivity contribution in [1.29, 1.82) is 0 Å². The number of benzene rings is 1. The van der Waals surface area contributed by atoms with E-state index in [9.17, 15) is 4.79 Å². The fourth-order valence-electron chi connectivity index (χ4n) is 2.33. The topological polar surface area (TPSA) is 66.6 Å². The van der Waals surface area contributed by atoms with Gasteiger partial charge in [0.1, 0.15) is 6.04 Å². The van der Waals surface area contributed by atoms with Gasteiger partial charge in [0.2, 0.25) is 0 Å². The van der Waals surface area contributed by atoms with E-state index in [0.29, 0.717) is 10.6 Å². The Labute approximate surface area is 111 Å². The molecule has 2 rings (SSSR count). The fraction of sp³-hybridized carbons (Fsp3) is 0.462. The molecule has 1 aliphatic heterocycles. The van der Waals surface area contributed by atoms with Gasteiger partial charge in [-0.1, -0.05) is 11.6 Å². The summed E-state index contributed by atoms with van der Waals surface area (Å²) in [6.07, 6.45) is 3.49. The number of hydrogen-bond donors (Lipinski definition) is 2. The number of carbonyl (C=O) groups is 1. The molecular formula is C13H17ClN2O2. The van der Waals surface area contributed by atoms with E-state index in [1.165, 1.54) is 6.42 Å². The Morgan fingerprint density at radius 1 is 1.33 bits per heavy atom. The predicted molar refractivity (Wildman–Crippen MR) is 72.1 cm³/mol. The molecule has 0 aromatic heterocycles. The molecule has 5 heteroatoms. The first-order valence-corrected chi connectivity index (χ1v) is 6.50. The van der Waals surface area contributed by atoms with Crippen LogP contribution in [0.25, 0.3) is 0 Å². The van der Waals surface area contributed by atoms with E-state index in [4.69, 9.17) is 22.4 Å². The summed E-state index contributed by atoms with van der Waals surface area (Å²) in [5.74, 6) is -1.03. The quantitative estimate of drug-likeness (QED) is 0.884. The number of anilines is 1. The van der Waals surface area contributed by atoms with Gasteiger partial charge in [-0.05, 0) is 37.5 Å². The maximum absolute atomic E-state index is 11.1. The molecule has 1 fully saturated rings. The van der Waals surface area contributed by atoms with E-state index < -0.39 is 12.0 Å². The number of carboxylic acids is 1. The van der Waals surface area contributed by atoms with Crippen LogP contribution in [0.5, 0.6) is 0 Å². The van der Waals surface area contributed by atoms with E-state index in [1.54, 1.807) is 12.1 Å². The molecule has 1 heterocycles. The minimum absolute atomic E-state index is 0.516. The minimum atomic E-state index is -1.03. The van der Waals surface area contributed by atoms with Gasteiger partial charge in [0, 0.05) is 29.4 Å². The summed E-state index contributed by atoms with van der Waals surface area (Å²) in [5.41, 5.74) is 7.22. The van der Waals surface area contributed by atoms with Crippen LogP contribution < -0.4 is 10.6 Å². The van der Waals surface area contributed by atoms with Crippen molar-refractivity contribution < 1.29 is 9.90 Å². The Morgan fingerprint density at radius 2 is 2.00 bits per heavy atom. The van der Waals surface area contributed by atoms with Gasteiger partial charge < -0.3 is 15.7 Å². The number of nitrogens with two attached hydrogens (primary N) is 1. The lowest BCUT2D eigenvalue weighted by molar-refractivity contribution is -0.138. The van der Waals surface area contributed by atoms with Crippen molar-refractivity contribution in [3.63, 3.8) is 0 Å². The number of halogens is 1. The second-order valence-electron chi connectivity index (χ2n) is 4.57. The van der Waals surface area contributed by atoms with Crippen molar-refractivity contribution in [3.05, 3.63) is 28.8 Å². The monoisotopic (exact) mass is 268 g/mol. The van der Waals surface area contributed by atoms with E-state index >= 15 is 0 Å². The molecule has 0 bridgehead atoms. The van der Waals surface area contributed by atoms with Crippen LogP contribution in [0, 0.1) is 0 Å². The number of hydrogen-bond acceptors (Lipinski definition) is 3. The number of piperidine rings is 1. The average molecular weight is 269 g/mol. The van der Waals surface area contributed by atoms with Gasteiger partial charge in [-0.15, -0.1) is 0 Å². The molecule has 4 nitrogen and oxygen atoms in total. The van der Waals surface area contributed by atoms with Crippen molar-refractivity contribution in [2.75, 3.05) is 18.0 Å². The summed E-state index contributed by atoms with van der Waals surface area (Å²) in [4.78, 5) is 13.3. The van der Waals surface area contributed by atoms with E-state index in [1.807, 2.05) is 6.07 Å². The summed E-state index contributed by atoms with van der Waals surface area (Å²) >= 11 is 5.94. The lowest BCUT2D eigenvalue weighted by Crippen LogP contribution is -2.32. The molecule has 1 aliphatic rings. The minimum Gasteiger partial charge on any atom is -0.480 e. The van der Waals surface area contributed by atoms with Crippen LogP contribution in [0.2, 0.25) is 5.02 Å². The van der Waals surface area contributed by atoms with Crippen molar-refractivity contribution >= 4 is 23.3 Å². The Hall–Kier alpha value is -1.26. The van der Waals surface area contributed by atoms with E-state index in [-0.39, 0.29) is 0 Å². The van der Waals surface area contributed by atoms with Crippen molar-refractivity contribution in [2.45, 2.75) is 25.3 Å². The number of rotatable bonds is 3. The molecule has 98 valence electrons. The van der Waals surface area contributed by atoms with Crippen LogP contribution in [0.3, 0.4) is 0 Å². The first-order valence-electron chi connectivity index (χ1n) is 6.12. The highest BCUT2D eigenvalue weighted by Gasteiger charge is 2.22. The average Bonchev–Trinajstić information content (AvgIpc) is 2.38. The van der Waals surface area contributed by atoms with Crippen LogP contribution in [0.4, 0.5) is 5.69 Å². The first kappa shape index (κ1) is 13.2. The Morgan fingerprint density at radius 3 is 2.61 bits per heavy atom. The van der Waals surface area contributed by atoms with Crippen LogP contribution in [0.1, 0.15) is 30.9 Å². The molecule has 3 N–H and O–H groups in total. The number of nitrogens with zero attached hydrogens (tertiary/aromatic N) is 1. The lowest BCUT2D eigenvalue weighted by Gasteiger charge is -2.31. The van der Waals surface area contributed by atoms with Gasteiger partial charge in [0.05, 0.1) is 0 Å². The van der Waals surface area contributed by atoms with E-state index in [2.05, 4.69) is 4.90 Å². The molecule has 1 unspecified atom stereocenters. The Kier molecular flexibility index (Phi) is 4.09. The second-order valence-corrected chi connectivity index (χ2v) is 5.00. The summed E-state index contributed by atoms with van der Waals surface area (Å²) in [6.45, 7) is 1.89. The number of aliphatic carboxylic acids is 1. The molecule has 1 aromatic carbocycles. The van der Waals surface area contributed by atoms with Gasteiger partial charge in [0.25, 0.3) is 0 Å². The normalized spacial score (nSPS) is 17.6. The SMILES string of the molecule is NC(C(=O)O)c1cc(Cl)ccc1N1CCCCC1. The summed E-state index contributed by atoms with van der Waals surface area (Å²) in [6, 6.07) is 4.28. The van der Waals surface area contributed by atoms with Gasteiger partial charge in [0.15, 0.2) is 0 Å². The maximum Gasteiger partial charge on any atom is 0.325 e. The van der Waals surface area contributed by atoms with Crippen molar-refractivity contribution in [3.8, 4) is 0 Å². The fourth-order valence-corrected chi connectivity index (χ4v) is 2.51. The van der Waals surface area contributed by atoms with E-state index in [0.717, 1.165) is 31.6 Å². The predicted octanol–water partition coefficient (Wildman–Crippen LogP) is 2.41. The third kappa shape index (κ3) is 2.76.